The van der Waals surface area contributed by atoms with Crippen LogP contribution >= 0.6 is 0 Å². The van der Waals surface area contributed by atoms with Gasteiger partial charge in [-0.15, -0.1) is 0 Å². The SMILES string of the molecule is C(#Cc1ccc2ncccc2c1)Cn1ccnc1. The molecule has 0 fully saturated rings. The predicted octanol–water partition coefficient (Wildman–Crippen LogP) is 2.48. The molecule has 86 valence electrons. The van der Waals surface area contributed by atoms with Gasteiger partial charge in [-0.3, -0.25) is 4.98 Å². The molecule has 1 aromatic carbocycles. The molecule has 18 heavy (non-hydrogen) atoms. The smallest absolute Gasteiger partial charge is 0.0954 e. The number of pyridine rings is 1. The number of rotatable bonds is 1. The number of imidazole rings is 1. The highest BCUT2D eigenvalue weighted by Gasteiger charge is 1.93. The molecule has 3 heteroatoms. The maximum atomic E-state index is 4.28. The molecule has 0 aliphatic carbocycles. The molecule has 2 aromatic heterocycles. The maximum absolute atomic E-state index is 4.28. The first-order valence-corrected chi connectivity index (χ1v) is 5.71. The van der Waals surface area contributed by atoms with Gasteiger partial charge in [-0.2, -0.15) is 0 Å². The molecule has 3 rings (SSSR count). The highest BCUT2D eigenvalue weighted by molar-refractivity contribution is 5.79. The lowest BCUT2D eigenvalue weighted by atomic mass is 10.1. The zero-order valence-electron chi connectivity index (χ0n) is 9.74. The summed E-state index contributed by atoms with van der Waals surface area (Å²) in [7, 11) is 0. The summed E-state index contributed by atoms with van der Waals surface area (Å²) >= 11 is 0. The molecule has 3 aromatic rings. The Morgan fingerprint density at radius 3 is 3.06 bits per heavy atom. The molecule has 3 nitrogen and oxygen atoms in total. The Morgan fingerprint density at radius 2 is 2.17 bits per heavy atom. The van der Waals surface area contributed by atoms with Gasteiger partial charge in [0.15, 0.2) is 0 Å². The number of hydrogen-bond donors (Lipinski definition) is 0. The minimum absolute atomic E-state index is 0.658. The molecule has 2 heterocycles. The number of nitrogens with zero attached hydrogens (tertiary/aromatic N) is 3. The molecule has 0 aliphatic heterocycles. The van der Waals surface area contributed by atoms with Gasteiger partial charge in [0.25, 0.3) is 0 Å². The van der Waals surface area contributed by atoms with Crippen molar-refractivity contribution >= 4 is 10.9 Å². The lowest BCUT2D eigenvalue weighted by Gasteiger charge is -1.96. The van der Waals surface area contributed by atoms with Gasteiger partial charge in [-0.25, -0.2) is 4.98 Å². The van der Waals surface area contributed by atoms with Crippen molar-refractivity contribution in [2.75, 3.05) is 0 Å². The van der Waals surface area contributed by atoms with Crippen LogP contribution in [0.2, 0.25) is 0 Å². The first kappa shape index (κ1) is 10.5. The molecule has 0 N–H and O–H groups in total. The van der Waals surface area contributed by atoms with Crippen molar-refractivity contribution in [1.82, 2.24) is 14.5 Å². The standard InChI is InChI=1S/C15H11N3/c1-4-14-11-13(5-6-15(14)17-7-1)3-2-9-18-10-8-16-12-18/h1,4-8,10-12H,9H2. The Morgan fingerprint density at radius 1 is 1.17 bits per heavy atom. The molecule has 0 saturated heterocycles. The summed E-state index contributed by atoms with van der Waals surface area (Å²) in [5.74, 6) is 6.27. The fourth-order valence-electron chi connectivity index (χ4n) is 1.77. The molecular weight excluding hydrogens is 222 g/mol. The van der Waals surface area contributed by atoms with Crippen LogP contribution in [0.15, 0.2) is 55.2 Å². The van der Waals surface area contributed by atoms with Crippen molar-refractivity contribution in [2.24, 2.45) is 0 Å². The number of fused-ring (bicyclic) bond motifs is 1. The van der Waals surface area contributed by atoms with Gasteiger partial charge < -0.3 is 4.57 Å². The van der Waals surface area contributed by atoms with Gasteiger partial charge in [0.1, 0.15) is 0 Å². The van der Waals surface area contributed by atoms with Crippen LogP contribution in [0.1, 0.15) is 5.56 Å². The van der Waals surface area contributed by atoms with Crippen LogP contribution in [-0.2, 0) is 6.54 Å². The van der Waals surface area contributed by atoms with E-state index >= 15 is 0 Å². The summed E-state index contributed by atoms with van der Waals surface area (Å²) in [5.41, 5.74) is 2.01. The fraction of sp³-hybridized carbons (Fsp3) is 0.0667. The fourth-order valence-corrected chi connectivity index (χ4v) is 1.77. The van der Waals surface area contributed by atoms with Crippen LogP contribution in [0, 0.1) is 11.8 Å². The first-order chi connectivity index (χ1) is 8.92. The van der Waals surface area contributed by atoms with E-state index in [0.717, 1.165) is 16.5 Å². The highest BCUT2D eigenvalue weighted by atomic mass is 15.0. The van der Waals surface area contributed by atoms with Crippen LogP contribution in [0.5, 0.6) is 0 Å². The van der Waals surface area contributed by atoms with E-state index in [9.17, 15) is 0 Å². The lowest BCUT2D eigenvalue weighted by molar-refractivity contribution is 0.840. The molecule has 0 bridgehead atoms. The van der Waals surface area contributed by atoms with Gasteiger partial charge in [-0.05, 0) is 24.3 Å². The number of benzene rings is 1. The van der Waals surface area contributed by atoms with Gasteiger partial charge in [0.05, 0.1) is 18.4 Å². The minimum atomic E-state index is 0.658. The second-order valence-corrected chi connectivity index (χ2v) is 3.95. The molecule has 0 spiro atoms. The average molecular weight is 233 g/mol. The van der Waals surface area contributed by atoms with E-state index < -0.39 is 0 Å². The van der Waals surface area contributed by atoms with Crippen molar-refractivity contribution in [3.63, 3.8) is 0 Å². The van der Waals surface area contributed by atoms with Crippen LogP contribution in [0.4, 0.5) is 0 Å². The normalized spacial score (nSPS) is 10.0. The molecular formula is C15H11N3. The third-order valence-corrected chi connectivity index (χ3v) is 2.66. The van der Waals surface area contributed by atoms with Gasteiger partial charge in [0.2, 0.25) is 0 Å². The summed E-state index contributed by atoms with van der Waals surface area (Å²) in [4.78, 5) is 8.26. The predicted molar refractivity (Wildman–Crippen MR) is 70.8 cm³/mol. The molecule has 0 unspecified atom stereocenters. The Labute approximate surface area is 105 Å². The average Bonchev–Trinajstić information content (AvgIpc) is 2.92. The van der Waals surface area contributed by atoms with E-state index in [2.05, 4.69) is 27.9 Å². The van der Waals surface area contributed by atoms with Crippen LogP contribution in [0.25, 0.3) is 10.9 Å². The van der Waals surface area contributed by atoms with Crippen molar-refractivity contribution in [3.8, 4) is 11.8 Å². The Kier molecular flexibility index (Phi) is 2.77. The summed E-state index contributed by atoms with van der Waals surface area (Å²) in [5, 5.41) is 1.12. The second kappa shape index (κ2) is 4.72. The Balaban J connectivity index is 1.84. The van der Waals surface area contributed by atoms with E-state index in [1.54, 1.807) is 18.7 Å². The molecule has 0 aliphatic rings. The molecule has 0 amide bonds. The third kappa shape index (κ3) is 2.23. The molecule has 0 saturated carbocycles. The molecule has 0 atom stereocenters. The Bertz CT molecular complexity index is 718. The molecule has 0 radical (unpaired) electrons. The summed E-state index contributed by atoms with van der Waals surface area (Å²) in [6.07, 6.45) is 7.22. The van der Waals surface area contributed by atoms with Crippen molar-refractivity contribution in [3.05, 3.63) is 60.8 Å². The van der Waals surface area contributed by atoms with Crippen molar-refractivity contribution in [1.29, 1.82) is 0 Å². The van der Waals surface area contributed by atoms with Crippen LogP contribution in [-0.4, -0.2) is 14.5 Å². The topological polar surface area (TPSA) is 30.7 Å². The first-order valence-electron chi connectivity index (χ1n) is 5.71. The maximum Gasteiger partial charge on any atom is 0.0954 e. The van der Waals surface area contributed by atoms with E-state index in [0.29, 0.717) is 6.54 Å². The Hall–Kier alpha value is -2.60. The van der Waals surface area contributed by atoms with E-state index in [4.69, 9.17) is 0 Å². The van der Waals surface area contributed by atoms with Gasteiger partial charge in [0, 0.05) is 29.5 Å². The van der Waals surface area contributed by atoms with Gasteiger partial charge in [-0.1, -0.05) is 17.9 Å². The van der Waals surface area contributed by atoms with E-state index in [1.807, 2.05) is 35.0 Å². The second-order valence-electron chi connectivity index (χ2n) is 3.95. The summed E-state index contributed by atoms with van der Waals surface area (Å²) in [6.45, 7) is 0.658. The quantitative estimate of drug-likeness (QED) is 0.604. The van der Waals surface area contributed by atoms with Crippen molar-refractivity contribution < 1.29 is 0 Å². The van der Waals surface area contributed by atoms with Gasteiger partial charge >= 0.3 is 0 Å². The van der Waals surface area contributed by atoms with E-state index in [1.165, 1.54) is 0 Å². The van der Waals surface area contributed by atoms with Crippen LogP contribution < -0.4 is 0 Å². The van der Waals surface area contributed by atoms with Crippen LogP contribution in [0.3, 0.4) is 0 Å². The third-order valence-electron chi connectivity index (χ3n) is 2.66. The minimum Gasteiger partial charge on any atom is -0.326 e. The summed E-state index contributed by atoms with van der Waals surface area (Å²) < 4.78 is 1.94. The highest BCUT2D eigenvalue weighted by Crippen LogP contribution is 2.12. The number of hydrogen-bond acceptors (Lipinski definition) is 2. The van der Waals surface area contributed by atoms with Crippen molar-refractivity contribution in [2.45, 2.75) is 6.54 Å². The monoisotopic (exact) mass is 233 g/mol. The largest absolute Gasteiger partial charge is 0.326 e. The number of aromatic nitrogens is 3. The lowest BCUT2D eigenvalue weighted by Crippen LogP contribution is -1.90. The van der Waals surface area contributed by atoms with E-state index in [-0.39, 0.29) is 0 Å². The zero-order chi connectivity index (χ0) is 12.2. The summed E-state index contributed by atoms with van der Waals surface area (Å²) in [6, 6.07) is 10.0. The zero-order valence-corrected chi connectivity index (χ0v) is 9.74.